The molecule has 5 nitrogen and oxygen atoms in total. The zero-order valence-electron chi connectivity index (χ0n) is 33.6. The minimum Gasteiger partial charge on any atom is -0.461 e. The number of hydrogen-bond donors (Lipinski definition) is 0. The molecule has 3 aromatic carbocycles. The molecule has 0 bridgehead atoms. The van der Waals surface area contributed by atoms with Crippen molar-refractivity contribution in [3.63, 3.8) is 0 Å². The van der Waals surface area contributed by atoms with Crippen molar-refractivity contribution < 1.29 is 23.9 Å². The number of rotatable bonds is 14. The Labute approximate surface area is 319 Å². The number of benzene rings is 3. The Kier molecular flexibility index (Phi) is 13.4. The van der Waals surface area contributed by atoms with Gasteiger partial charge in [-0.1, -0.05) is 159 Å². The first-order chi connectivity index (χ1) is 25.3. The first-order valence-electron chi connectivity index (χ1n) is 20.4. The minimum absolute atomic E-state index is 0.0434. The van der Waals surface area contributed by atoms with Crippen LogP contribution in [0.15, 0.2) is 91.0 Å². The number of ether oxygens (including phenoxy) is 2. The van der Waals surface area contributed by atoms with Gasteiger partial charge < -0.3 is 9.47 Å². The van der Waals surface area contributed by atoms with Crippen molar-refractivity contribution in [2.45, 2.75) is 136 Å². The van der Waals surface area contributed by atoms with Crippen LogP contribution in [0.1, 0.15) is 129 Å². The second-order valence-corrected chi connectivity index (χ2v) is 17.5. The molecule has 0 heterocycles. The van der Waals surface area contributed by atoms with Crippen LogP contribution in [0.2, 0.25) is 0 Å². The molecular formula is C48H64O5. The fraction of sp³-hybridized carbons (Fsp3) is 0.562. The molecule has 2 aliphatic rings. The minimum atomic E-state index is -1.42. The van der Waals surface area contributed by atoms with E-state index in [0.29, 0.717) is 43.1 Å². The molecule has 0 saturated heterocycles. The van der Waals surface area contributed by atoms with E-state index in [1.807, 2.05) is 56.3 Å². The quantitative estimate of drug-likeness (QED) is 0.122. The monoisotopic (exact) mass is 720 g/mol. The summed E-state index contributed by atoms with van der Waals surface area (Å²) >= 11 is 0. The van der Waals surface area contributed by atoms with Crippen molar-refractivity contribution in [2.24, 2.45) is 35.5 Å². The van der Waals surface area contributed by atoms with Gasteiger partial charge in [0.2, 0.25) is 0 Å². The Morgan fingerprint density at radius 1 is 0.604 bits per heavy atom. The van der Waals surface area contributed by atoms with Crippen LogP contribution in [0.3, 0.4) is 0 Å². The molecule has 0 radical (unpaired) electrons. The molecule has 2 aliphatic carbocycles. The number of carbonyl (C=O) groups excluding carboxylic acids is 3. The molecule has 5 rings (SSSR count). The van der Waals surface area contributed by atoms with E-state index in [0.717, 1.165) is 25.7 Å². The average molecular weight is 721 g/mol. The van der Waals surface area contributed by atoms with Gasteiger partial charge in [0.05, 0.1) is 5.92 Å². The Hall–Kier alpha value is -3.73. The van der Waals surface area contributed by atoms with Crippen LogP contribution in [0.5, 0.6) is 0 Å². The predicted octanol–water partition coefficient (Wildman–Crippen LogP) is 11.0. The van der Waals surface area contributed by atoms with Crippen LogP contribution >= 0.6 is 0 Å². The molecule has 286 valence electrons. The summed E-state index contributed by atoms with van der Waals surface area (Å²) in [7, 11) is 0. The number of Topliss-reactive ketones (excluding diaryl/α,β-unsaturated/α-hetero) is 1. The van der Waals surface area contributed by atoms with Gasteiger partial charge in [-0.25, -0.2) is 0 Å². The first kappa shape index (κ1) is 40.5. The van der Waals surface area contributed by atoms with Gasteiger partial charge in [0, 0.05) is 17.8 Å². The van der Waals surface area contributed by atoms with Gasteiger partial charge >= 0.3 is 11.9 Å². The lowest BCUT2D eigenvalue weighted by atomic mass is 9.64. The molecule has 2 fully saturated rings. The third-order valence-corrected chi connectivity index (χ3v) is 13.2. The van der Waals surface area contributed by atoms with Crippen molar-refractivity contribution in [3.05, 3.63) is 108 Å². The van der Waals surface area contributed by atoms with Crippen LogP contribution in [-0.2, 0) is 34.7 Å². The number of hydrogen-bond acceptors (Lipinski definition) is 5. The number of ketones is 1. The highest BCUT2D eigenvalue weighted by Crippen LogP contribution is 2.46. The van der Waals surface area contributed by atoms with Gasteiger partial charge in [0.15, 0.2) is 5.92 Å². The normalized spacial score (nSPS) is 24.4. The maximum atomic E-state index is 15.0. The van der Waals surface area contributed by atoms with Crippen molar-refractivity contribution in [3.8, 4) is 0 Å². The predicted molar refractivity (Wildman–Crippen MR) is 213 cm³/mol. The standard InChI is InChI=1S/C48H64O5/c1-9-34(10-2)44(49)42(35-20-14-11-15-21-35)43(45(50)52-40-30-32(3)26-28-38(40)47(5,6)36-22-16-12-17-23-36)46(51)53-41-31-33(4)27-29-39(41)48(7,8)37-24-18-13-19-25-37/h11-25,32-34,38-43H,9-10,26-31H2,1-8H3/t32-,33-,38-,39-,40-,41-,42-/m1/s1. The summed E-state index contributed by atoms with van der Waals surface area (Å²) in [4.78, 5) is 44.7. The lowest BCUT2D eigenvalue weighted by Crippen LogP contribution is -2.48. The molecule has 3 aromatic rings. The summed E-state index contributed by atoms with van der Waals surface area (Å²) in [5.41, 5.74) is 2.49. The fourth-order valence-corrected chi connectivity index (χ4v) is 9.67. The van der Waals surface area contributed by atoms with E-state index in [-0.39, 0.29) is 34.4 Å². The molecule has 53 heavy (non-hydrogen) atoms. The molecule has 0 amide bonds. The molecule has 2 saturated carbocycles. The van der Waals surface area contributed by atoms with Crippen molar-refractivity contribution in [1.82, 2.24) is 0 Å². The molecule has 0 unspecified atom stereocenters. The van der Waals surface area contributed by atoms with Crippen molar-refractivity contribution in [1.29, 1.82) is 0 Å². The second kappa shape index (κ2) is 17.6. The highest BCUT2D eigenvalue weighted by atomic mass is 16.6. The van der Waals surface area contributed by atoms with Gasteiger partial charge in [-0.3, -0.25) is 14.4 Å². The van der Waals surface area contributed by atoms with Crippen LogP contribution in [-0.4, -0.2) is 29.9 Å². The Bertz CT molecular complexity index is 1540. The molecule has 7 atom stereocenters. The van der Waals surface area contributed by atoms with Crippen LogP contribution < -0.4 is 0 Å². The third-order valence-electron chi connectivity index (χ3n) is 13.2. The fourth-order valence-electron chi connectivity index (χ4n) is 9.67. The van der Waals surface area contributed by atoms with E-state index in [4.69, 9.17) is 9.47 Å². The van der Waals surface area contributed by atoms with Gasteiger partial charge in [0.1, 0.15) is 18.0 Å². The third kappa shape index (κ3) is 9.15. The molecule has 5 heteroatoms. The lowest BCUT2D eigenvalue weighted by Gasteiger charge is -2.45. The zero-order chi connectivity index (χ0) is 38.3. The summed E-state index contributed by atoms with van der Waals surface area (Å²) in [6.45, 7) is 17.4. The van der Waals surface area contributed by atoms with Crippen LogP contribution in [0.25, 0.3) is 0 Å². The zero-order valence-corrected chi connectivity index (χ0v) is 33.6. The molecule has 0 spiro atoms. The summed E-state index contributed by atoms with van der Waals surface area (Å²) in [5.74, 6) is -3.30. The Morgan fingerprint density at radius 2 is 0.981 bits per heavy atom. The maximum Gasteiger partial charge on any atom is 0.321 e. The lowest BCUT2D eigenvalue weighted by molar-refractivity contribution is -0.178. The highest BCUT2D eigenvalue weighted by molar-refractivity contribution is 6.03. The molecule has 0 aliphatic heterocycles. The Balaban J connectivity index is 1.55. The summed E-state index contributed by atoms with van der Waals surface area (Å²) < 4.78 is 13.3. The highest BCUT2D eigenvalue weighted by Gasteiger charge is 2.50. The van der Waals surface area contributed by atoms with Crippen LogP contribution in [0.4, 0.5) is 0 Å². The first-order valence-corrected chi connectivity index (χ1v) is 20.4. The van der Waals surface area contributed by atoms with E-state index in [1.165, 1.54) is 11.1 Å². The van der Waals surface area contributed by atoms with E-state index in [9.17, 15) is 4.79 Å². The molecular weight excluding hydrogens is 657 g/mol. The molecule has 0 N–H and O–H groups in total. The summed E-state index contributed by atoms with van der Waals surface area (Å²) in [6.07, 6.45) is 5.73. The van der Waals surface area contributed by atoms with E-state index >= 15 is 9.59 Å². The van der Waals surface area contributed by atoms with Crippen molar-refractivity contribution in [2.75, 3.05) is 0 Å². The average Bonchev–Trinajstić information content (AvgIpc) is 3.15. The van der Waals surface area contributed by atoms with E-state index < -0.39 is 36.0 Å². The van der Waals surface area contributed by atoms with Crippen molar-refractivity contribution >= 4 is 17.7 Å². The van der Waals surface area contributed by atoms with Gasteiger partial charge in [-0.15, -0.1) is 0 Å². The van der Waals surface area contributed by atoms with E-state index in [2.05, 4.69) is 90.1 Å². The second-order valence-electron chi connectivity index (χ2n) is 17.5. The molecule has 0 aromatic heterocycles. The summed E-state index contributed by atoms with van der Waals surface area (Å²) in [6, 6.07) is 30.2. The van der Waals surface area contributed by atoms with Gasteiger partial charge in [0.25, 0.3) is 0 Å². The van der Waals surface area contributed by atoms with Gasteiger partial charge in [-0.2, -0.15) is 0 Å². The largest absolute Gasteiger partial charge is 0.461 e. The summed E-state index contributed by atoms with van der Waals surface area (Å²) in [5, 5.41) is 0. The van der Waals surface area contributed by atoms with E-state index in [1.54, 1.807) is 0 Å². The Morgan fingerprint density at radius 3 is 1.36 bits per heavy atom. The SMILES string of the molecule is CCC(CC)C(=O)[C@H](c1ccccc1)C(C(=O)O[C@@H]1C[C@H](C)CC[C@H]1C(C)(C)c1ccccc1)C(=O)O[C@@H]1C[C@H](C)CC[C@H]1C(C)(C)c1ccccc1. The topological polar surface area (TPSA) is 69.7 Å². The number of esters is 2. The number of carbonyl (C=O) groups is 3. The van der Waals surface area contributed by atoms with Gasteiger partial charge in [-0.05, 0) is 77.9 Å². The maximum absolute atomic E-state index is 15.0. The van der Waals surface area contributed by atoms with Crippen LogP contribution in [0, 0.1) is 35.5 Å². The smallest absolute Gasteiger partial charge is 0.321 e.